The molecule has 4 rings (SSSR count). The number of nitrogens with zero attached hydrogens (tertiary/aromatic N) is 4. The van der Waals surface area contributed by atoms with Crippen LogP contribution < -0.4 is 10.9 Å². The molecule has 3 fully saturated rings. The number of pyridine rings is 1. The van der Waals surface area contributed by atoms with Crippen LogP contribution in [-0.2, 0) is 22.6 Å². The molecule has 2 atom stereocenters. The number of urea groups is 1. The summed E-state index contributed by atoms with van der Waals surface area (Å²) < 4.78 is 22.6. The highest BCUT2D eigenvalue weighted by molar-refractivity contribution is 5.96. The number of amides is 3. The van der Waals surface area contributed by atoms with Crippen LogP contribution in [-0.4, -0.2) is 95.4 Å². The molecule has 0 saturated carbocycles. The minimum atomic E-state index is -0.925. The van der Waals surface area contributed by atoms with E-state index in [1.165, 1.54) is 4.90 Å². The van der Waals surface area contributed by atoms with Crippen molar-refractivity contribution in [2.75, 3.05) is 45.8 Å². The third kappa shape index (κ3) is 7.14. The summed E-state index contributed by atoms with van der Waals surface area (Å²) in [7, 11) is 0. The summed E-state index contributed by atoms with van der Waals surface area (Å²) in [6, 6.07) is 3.10. The minimum absolute atomic E-state index is 0.0924. The molecular weight excluding hydrogens is 465 g/mol. The third-order valence-electron chi connectivity index (χ3n) is 7.35. The molecule has 0 bridgehead atoms. The molecule has 0 aromatic carbocycles. The molecule has 3 amide bonds. The number of hydrogen-bond donors (Lipinski definition) is 1. The van der Waals surface area contributed by atoms with Gasteiger partial charge in [-0.2, -0.15) is 0 Å². The van der Waals surface area contributed by atoms with Gasteiger partial charge in [-0.25, -0.2) is 9.18 Å². The maximum atomic E-state index is 14.7. The molecule has 0 radical (unpaired) electrons. The van der Waals surface area contributed by atoms with Crippen molar-refractivity contribution in [1.82, 2.24) is 24.6 Å². The number of ether oxygens (including phenoxy) is 1. The van der Waals surface area contributed by atoms with Gasteiger partial charge in [-0.3, -0.25) is 19.8 Å². The topological polar surface area (TPSA) is 87.1 Å². The second-order valence-electron chi connectivity index (χ2n) is 10.7. The molecular formula is C26H40FN5O4. The van der Waals surface area contributed by atoms with Gasteiger partial charge in [0.2, 0.25) is 5.91 Å². The Hall–Kier alpha value is -2.30. The lowest BCUT2D eigenvalue weighted by atomic mass is 10.0. The van der Waals surface area contributed by atoms with Gasteiger partial charge in [0.05, 0.1) is 18.8 Å². The molecule has 10 heteroatoms. The van der Waals surface area contributed by atoms with Crippen molar-refractivity contribution in [3.8, 4) is 0 Å². The Balaban J connectivity index is 1.20. The first-order valence-corrected chi connectivity index (χ1v) is 13.3. The lowest BCUT2D eigenvalue weighted by Crippen LogP contribution is -2.49. The smallest absolute Gasteiger partial charge is 0.324 e. The normalized spacial score (nSPS) is 24.9. The van der Waals surface area contributed by atoms with Crippen LogP contribution in [0.4, 0.5) is 9.18 Å². The van der Waals surface area contributed by atoms with Gasteiger partial charge in [0.1, 0.15) is 6.17 Å². The van der Waals surface area contributed by atoms with E-state index in [0.717, 1.165) is 52.0 Å². The first kappa shape index (κ1) is 26.8. The van der Waals surface area contributed by atoms with E-state index in [2.05, 4.69) is 29.0 Å². The van der Waals surface area contributed by atoms with Gasteiger partial charge < -0.3 is 19.1 Å². The zero-order chi connectivity index (χ0) is 25.7. The van der Waals surface area contributed by atoms with Crippen molar-refractivity contribution in [3.63, 3.8) is 0 Å². The first-order chi connectivity index (χ1) is 17.3. The first-order valence-electron chi connectivity index (χ1n) is 13.3. The van der Waals surface area contributed by atoms with Crippen LogP contribution in [0.25, 0.3) is 0 Å². The van der Waals surface area contributed by atoms with Gasteiger partial charge in [-0.05, 0) is 31.2 Å². The number of alkyl halides is 1. The molecule has 0 aliphatic carbocycles. The van der Waals surface area contributed by atoms with Gasteiger partial charge in [0.25, 0.3) is 5.56 Å². The largest absolute Gasteiger partial charge is 0.372 e. The number of carbonyl (C=O) groups excluding carboxylic acids is 2. The zero-order valence-electron chi connectivity index (χ0n) is 21.5. The Labute approximate surface area is 212 Å². The molecule has 0 spiro atoms. The zero-order valence-corrected chi connectivity index (χ0v) is 21.5. The van der Waals surface area contributed by atoms with Gasteiger partial charge in [-0.15, -0.1) is 0 Å². The quantitative estimate of drug-likeness (QED) is 0.551. The van der Waals surface area contributed by atoms with E-state index >= 15 is 0 Å². The lowest BCUT2D eigenvalue weighted by molar-refractivity contribution is -0.121. The van der Waals surface area contributed by atoms with Crippen molar-refractivity contribution < 1.29 is 18.7 Å². The molecule has 200 valence electrons. The van der Waals surface area contributed by atoms with Gasteiger partial charge in [0.15, 0.2) is 0 Å². The number of nitrogens with one attached hydrogen (secondary N) is 1. The molecule has 3 aliphatic rings. The summed E-state index contributed by atoms with van der Waals surface area (Å²) in [5.41, 5.74) is 0.424. The van der Waals surface area contributed by atoms with Crippen LogP contribution in [0.3, 0.4) is 0 Å². The Morgan fingerprint density at radius 1 is 1.06 bits per heavy atom. The number of piperidine rings is 2. The number of carbonyl (C=O) groups is 2. The van der Waals surface area contributed by atoms with Gasteiger partial charge in [0, 0.05) is 70.5 Å². The average Bonchev–Trinajstić information content (AvgIpc) is 2.83. The summed E-state index contributed by atoms with van der Waals surface area (Å²) in [4.78, 5) is 42.3. The summed E-state index contributed by atoms with van der Waals surface area (Å²) in [6.45, 7) is 10.2. The molecule has 9 nitrogen and oxygen atoms in total. The summed E-state index contributed by atoms with van der Waals surface area (Å²) in [6.07, 6.45) is 3.38. The number of rotatable bonds is 9. The summed E-state index contributed by atoms with van der Waals surface area (Å²) >= 11 is 0. The predicted molar refractivity (Wildman–Crippen MR) is 134 cm³/mol. The number of imide groups is 1. The van der Waals surface area contributed by atoms with Gasteiger partial charge >= 0.3 is 6.03 Å². The highest BCUT2D eigenvalue weighted by Gasteiger charge is 2.33. The number of halogens is 1. The fraction of sp³-hybridized carbons (Fsp3) is 0.731. The molecule has 2 unspecified atom stereocenters. The van der Waals surface area contributed by atoms with Crippen LogP contribution in [0, 0.1) is 5.92 Å². The Morgan fingerprint density at radius 3 is 2.50 bits per heavy atom. The number of likely N-dealkylation sites (tertiary alicyclic amines) is 2. The average molecular weight is 506 g/mol. The second kappa shape index (κ2) is 12.3. The van der Waals surface area contributed by atoms with E-state index < -0.39 is 12.2 Å². The van der Waals surface area contributed by atoms with Crippen molar-refractivity contribution in [3.05, 3.63) is 34.2 Å². The maximum Gasteiger partial charge on any atom is 0.324 e. The number of aromatic nitrogens is 1. The number of hydrogen-bond acceptors (Lipinski definition) is 6. The molecule has 1 aromatic rings. The van der Waals surface area contributed by atoms with Crippen LogP contribution in [0.2, 0.25) is 0 Å². The Bertz CT molecular complexity index is 962. The van der Waals surface area contributed by atoms with E-state index in [-0.39, 0.29) is 36.6 Å². The van der Waals surface area contributed by atoms with E-state index in [4.69, 9.17) is 4.74 Å². The lowest BCUT2D eigenvalue weighted by Gasteiger charge is -2.39. The molecule has 3 saturated heterocycles. The van der Waals surface area contributed by atoms with Crippen molar-refractivity contribution in [1.29, 1.82) is 0 Å². The molecule has 4 heterocycles. The van der Waals surface area contributed by atoms with Gasteiger partial charge in [-0.1, -0.05) is 19.9 Å². The summed E-state index contributed by atoms with van der Waals surface area (Å²) in [5.74, 6) is 0.257. The van der Waals surface area contributed by atoms with E-state index in [9.17, 15) is 18.8 Å². The third-order valence-corrected chi connectivity index (χ3v) is 7.35. The minimum Gasteiger partial charge on any atom is -0.372 e. The fourth-order valence-electron chi connectivity index (χ4n) is 5.39. The monoisotopic (exact) mass is 505 g/mol. The van der Waals surface area contributed by atoms with E-state index in [1.54, 1.807) is 16.8 Å². The molecule has 3 aliphatic heterocycles. The highest BCUT2D eigenvalue weighted by Crippen LogP contribution is 2.23. The SMILES string of the molecule is CC(C)CN1CCC(OC2CCN(CCn3cccc(CN4CCC(=O)NC4=O)c3=O)CC2)C(F)C1. The van der Waals surface area contributed by atoms with E-state index in [1.807, 2.05) is 6.07 Å². The Morgan fingerprint density at radius 2 is 1.81 bits per heavy atom. The molecule has 1 N–H and O–H groups in total. The second-order valence-corrected chi connectivity index (χ2v) is 10.7. The van der Waals surface area contributed by atoms with Crippen LogP contribution in [0.5, 0.6) is 0 Å². The summed E-state index contributed by atoms with van der Waals surface area (Å²) in [5, 5.41) is 2.29. The van der Waals surface area contributed by atoms with Crippen LogP contribution in [0.1, 0.15) is 45.1 Å². The van der Waals surface area contributed by atoms with Crippen molar-refractivity contribution in [2.24, 2.45) is 5.92 Å². The highest BCUT2D eigenvalue weighted by atomic mass is 19.1. The molecule has 1 aromatic heterocycles. The Kier molecular flexibility index (Phi) is 9.14. The van der Waals surface area contributed by atoms with Crippen molar-refractivity contribution in [2.45, 2.75) is 71.0 Å². The fourth-order valence-corrected chi connectivity index (χ4v) is 5.39. The van der Waals surface area contributed by atoms with Crippen LogP contribution >= 0.6 is 0 Å². The molecule has 36 heavy (non-hydrogen) atoms. The maximum absolute atomic E-state index is 14.7. The standard InChI is InChI=1S/C26H40FN5O4/c1-19(2)16-30-12-7-23(22(27)18-30)36-21-5-10-29(11-6-21)14-15-31-9-3-4-20(25(31)34)17-32-13-8-24(33)28-26(32)35/h3-4,9,19,21-23H,5-8,10-18H2,1-2H3,(H,28,33,35). The van der Waals surface area contributed by atoms with Crippen molar-refractivity contribution >= 4 is 11.9 Å². The van der Waals surface area contributed by atoms with E-state index in [0.29, 0.717) is 31.1 Å². The predicted octanol–water partition coefficient (Wildman–Crippen LogP) is 1.84. The van der Waals surface area contributed by atoms with Crippen LogP contribution in [0.15, 0.2) is 23.1 Å².